The van der Waals surface area contributed by atoms with Crippen molar-refractivity contribution in [2.24, 2.45) is 7.05 Å². The number of nitriles is 1. The second kappa shape index (κ2) is 5.69. The fraction of sp³-hybridized carbons (Fsp3) is 0.0833. The molecule has 0 aliphatic heterocycles. The Morgan fingerprint density at radius 3 is 2.52 bits per heavy atom. The van der Waals surface area contributed by atoms with E-state index >= 15 is 0 Å². The maximum Gasteiger partial charge on any atom is 0.216 e. The van der Waals surface area contributed by atoms with Crippen molar-refractivity contribution in [3.63, 3.8) is 0 Å². The van der Waals surface area contributed by atoms with Gasteiger partial charge in [-0.1, -0.05) is 36.4 Å². The summed E-state index contributed by atoms with van der Waals surface area (Å²) < 4.78 is 8.48. The van der Waals surface area contributed by atoms with E-state index in [0.717, 1.165) is 33.2 Å². The van der Waals surface area contributed by atoms with Gasteiger partial charge in [-0.15, -0.1) is 0 Å². The van der Waals surface area contributed by atoms with Gasteiger partial charge in [0.15, 0.2) is 5.58 Å². The van der Waals surface area contributed by atoms with Gasteiger partial charge in [-0.3, -0.25) is 0 Å². The van der Waals surface area contributed by atoms with Crippen molar-refractivity contribution in [1.29, 1.82) is 5.26 Å². The molecule has 0 amide bonds. The fourth-order valence-corrected chi connectivity index (χ4v) is 3.96. The Morgan fingerprint density at radius 1 is 0.852 bits per heavy atom. The van der Waals surface area contributed by atoms with Gasteiger partial charge in [0.05, 0.1) is 11.1 Å². The van der Waals surface area contributed by atoms with Crippen LogP contribution in [0, 0.1) is 18.3 Å². The molecule has 128 valence electrons. The minimum atomic E-state index is 0.565. The topological polar surface area (TPSA) is 40.8 Å². The molecule has 0 spiro atoms. The predicted molar refractivity (Wildman–Crippen MR) is 107 cm³/mol. The van der Waals surface area contributed by atoms with E-state index < -0.39 is 0 Å². The molecule has 0 N–H and O–H groups in total. The summed E-state index contributed by atoms with van der Waals surface area (Å²) in [5, 5.41) is 12.7. The SMILES string of the molecule is Cc1ccc2c(oc3c(C#N)cccc32)c1-c1ccc2ccccc2[n+]1C. The van der Waals surface area contributed by atoms with Crippen LogP contribution in [0.5, 0.6) is 0 Å². The Morgan fingerprint density at radius 2 is 1.67 bits per heavy atom. The number of furan rings is 1. The third-order valence-electron chi connectivity index (χ3n) is 5.33. The lowest BCUT2D eigenvalue weighted by Gasteiger charge is -2.07. The van der Waals surface area contributed by atoms with Crippen LogP contribution in [0.2, 0.25) is 0 Å². The van der Waals surface area contributed by atoms with Crippen LogP contribution in [-0.4, -0.2) is 0 Å². The normalized spacial score (nSPS) is 11.3. The molecular weight excluding hydrogens is 332 g/mol. The lowest BCUT2D eigenvalue weighted by molar-refractivity contribution is -0.633. The molecule has 0 bridgehead atoms. The molecule has 3 heteroatoms. The van der Waals surface area contributed by atoms with E-state index in [2.05, 4.69) is 73.1 Å². The summed E-state index contributed by atoms with van der Waals surface area (Å²) >= 11 is 0. The van der Waals surface area contributed by atoms with E-state index in [1.165, 1.54) is 10.9 Å². The molecule has 0 radical (unpaired) electrons. The van der Waals surface area contributed by atoms with Crippen LogP contribution >= 0.6 is 0 Å². The average molecular weight is 349 g/mol. The first-order valence-electron chi connectivity index (χ1n) is 8.92. The van der Waals surface area contributed by atoms with Crippen LogP contribution in [0.3, 0.4) is 0 Å². The maximum atomic E-state index is 9.45. The zero-order valence-corrected chi connectivity index (χ0v) is 15.2. The number of fused-ring (bicyclic) bond motifs is 4. The highest BCUT2D eigenvalue weighted by molar-refractivity contribution is 6.11. The summed E-state index contributed by atoms with van der Waals surface area (Å²) in [6, 6.07) is 24.8. The molecule has 0 aliphatic carbocycles. The molecule has 5 rings (SSSR count). The number of hydrogen-bond acceptors (Lipinski definition) is 2. The molecule has 2 aromatic heterocycles. The Hall–Kier alpha value is -3.64. The van der Waals surface area contributed by atoms with Crippen LogP contribution in [0.4, 0.5) is 0 Å². The molecule has 27 heavy (non-hydrogen) atoms. The molecule has 3 nitrogen and oxygen atoms in total. The van der Waals surface area contributed by atoms with E-state index in [9.17, 15) is 5.26 Å². The van der Waals surface area contributed by atoms with Gasteiger partial charge < -0.3 is 4.42 Å². The number of para-hydroxylation sites is 2. The number of nitrogens with zero attached hydrogens (tertiary/aromatic N) is 2. The summed E-state index contributed by atoms with van der Waals surface area (Å²) in [4.78, 5) is 0. The van der Waals surface area contributed by atoms with E-state index in [4.69, 9.17) is 4.42 Å². The van der Waals surface area contributed by atoms with E-state index in [-0.39, 0.29) is 0 Å². The standard InChI is InChI=1S/C24H17N2O/c1-15-10-12-19-18-8-5-7-17(14-25)23(18)27-24(19)22(15)21-13-11-16-6-3-4-9-20(16)26(21)2/h3-13H,1-2H3/q+1. The third-order valence-corrected chi connectivity index (χ3v) is 5.33. The van der Waals surface area contributed by atoms with Crippen molar-refractivity contribution in [1.82, 2.24) is 0 Å². The van der Waals surface area contributed by atoms with Crippen molar-refractivity contribution in [2.45, 2.75) is 6.92 Å². The molecule has 0 aliphatic rings. The smallest absolute Gasteiger partial charge is 0.216 e. The van der Waals surface area contributed by atoms with Gasteiger partial charge in [0.2, 0.25) is 11.2 Å². The summed E-state index contributed by atoms with van der Waals surface area (Å²) in [6.07, 6.45) is 0. The average Bonchev–Trinajstić information content (AvgIpc) is 3.08. The van der Waals surface area contributed by atoms with E-state index in [1.807, 2.05) is 12.1 Å². The quantitative estimate of drug-likeness (QED) is 0.380. The summed E-state index contributed by atoms with van der Waals surface area (Å²) in [5.41, 5.74) is 6.53. The Bertz CT molecular complexity index is 1400. The van der Waals surface area contributed by atoms with Crippen molar-refractivity contribution >= 4 is 32.8 Å². The van der Waals surface area contributed by atoms with Crippen LogP contribution in [0.25, 0.3) is 44.1 Å². The van der Waals surface area contributed by atoms with Gasteiger partial charge >= 0.3 is 0 Å². The molecule has 0 saturated heterocycles. The minimum absolute atomic E-state index is 0.565. The van der Waals surface area contributed by atoms with Gasteiger partial charge in [-0.05, 0) is 30.7 Å². The highest BCUT2D eigenvalue weighted by Crippen LogP contribution is 2.38. The van der Waals surface area contributed by atoms with Crippen LogP contribution in [-0.2, 0) is 7.05 Å². The zero-order valence-electron chi connectivity index (χ0n) is 15.2. The Kier molecular flexibility index (Phi) is 3.29. The van der Waals surface area contributed by atoms with E-state index in [1.54, 1.807) is 6.07 Å². The van der Waals surface area contributed by atoms with Gasteiger partial charge in [0, 0.05) is 28.3 Å². The molecule has 2 heterocycles. The summed E-state index contributed by atoms with van der Waals surface area (Å²) in [5.74, 6) is 0. The first kappa shape index (κ1) is 15.6. The highest BCUT2D eigenvalue weighted by Gasteiger charge is 2.22. The molecule has 0 saturated carbocycles. The van der Waals surface area contributed by atoms with Crippen molar-refractivity contribution < 1.29 is 8.98 Å². The largest absolute Gasteiger partial charge is 0.454 e. The van der Waals surface area contributed by atoms with Crippen molar-refractivity contribution in [2.75, 3.05) is 0 Å². The minimum Gasteiger partial charge on any atom is -0.454 e. The van der Waals surface area contributed by atoms with Gasteiger partial charge in [-0.2, -0.15) is 9.83 Å². The predicted octanol–water partition coefficient (Wildman–Crippen LogP) is 5.41. The monoisotopic (exact) mass is 349 g/mol. The lowest BCUT2D eigenvalue weighted by Crippen LogP contribution is -2.32. The molecule has 0 fully saturated rings. The number of aromatic nitrogens is 1. The second-order valence-electron chi connectivity index (χ2n) is 6.87. The molecular formula is C24H17N2O+. The molecule has 5 aromatic rings. The van der Waals surface area contributed by atoms with Crippen LogP contribution < -0.4 is 4.57 Å². The molecule has 0 unspecified atom stereocenters. The van der Waals surface area contributed by atoms with Crippen molar-refractivity contribution in [3.8, 4) is 17.3 Å². The first-order chi connectivity index (χ1) is 13.2. The van der Waals surface area contributed by atoms with Crippen LogP contribution in [0.15, 0.2) is 71.1 Å². The highest BCUT2D eigenvalue weighted by atomic mass is 16.3. The number of benzene rings is 3. The number of aryl methyl sites for hydroxylation is 2. The van der Waals surface area contributed by atoms with Gasteiger partial charge in [0.25, 0.3) is 0 Å². The Balaban J connectivity index is 1.93. The van der Waals surface area contributed by atoms with Crippen molar-refractivity contribution in [3.05, 3.63) is 77.9 Å². The first-order valence-corrected chi connectivity index (χ1v) is 8.92. The van der Waals surface area contributed by atoms with E-state index in [0.29, 0.717) is 11.1 Å². The number of rotatable bonds is 1. The number of hydrogen-bond donors (Lipinski definition) is 0. The molecule has 3 aromatic carbocycles. The summed E-state index contributed by atoms with van der Waals surface area (Å²) in [7, 11) is 2.08. The third kappa shape index (κ3) is 2.17. The fourth-order valence-electron chi connectivity index (χ4n) is 3.96. The van der Waals surface area contributed by atoms with Gasteiger partial charge in [0.1, 0.15) is 18.7 Å². The maximum absolute atomic E-state index is 9.45. The summed E-state index contributed by atoms with van der Waals surface area (Å²) in [6.45, 7) is 2.10. The lowest BCUT2D eigenvalue weighted by atomic mass is 9.99. The second-order valence-corrected chi connectivity index (χ2v) is 6.87. The zero-order chi connectivity index (χ0) is 18.5. The van der Waals surface area contributed by atoms with Gasteiger partial charge in [-0.25, -0.2) is 0 Å². The molecule has 0 atom stereocenters. The number of pyridine rings is 1. The van der Waals surface area contributed by atoms with Crippen LogP contribution in [0.1, 0.15) is 11.1 Å². The Labute approximate surface area is 156 Å².